The first kappa shape index (κ1) is 22.2. The first-order valence-electron chi connectivity index (χ1n) is 10.5. The quantitative estimate of drug-likeness (QED) is 0.347. The van der Waals surface area contributed by atoms with E-state index in [0.29, 0.717) is 5.56 Å². The molecule has 0 spiro atoms. The predicted molar refractivity (Wildman–Crippen MR) is 132 cm³/mol. The van der Waals surface area contributed by atoms with Crippen molar-refractivity contribution in [1.29, 1.82) is 0 Å². The van der Waals surface area contributed by atoms with E-state index in [4.69, 9.17) is 0 Å². The molecule has 4 aromatic carbocycles. The van der Waals surface area contributed by atoms with Gasteiger partial charge in [0.05, 0.1) is 11.8 Å². The second-order valence-electron chi connectivity index (χ2n) is 7.38. The number of rotatable bonds is 7. The zero-order valence-electron chi connectivity index (χ0n) is 17.8. The summed E-state index contributed by atoms with van der Waals surface area (Å²) in [5.74, 6) is -0.256. The Morgan fingerprint density at radius 2 is 0.970 bits per heavy atom. The Kier molecular flexibility index (Phi) is 6.77. The van der Waals surface area contributed by atoms with Crippen LogP contribution >= 0.6 is 7.26 Å². The highest BCUT2D eigenvalue weighted by molar-refractivity contribution is 7.98. The van der Waals surface area contributed by atoms with E-state index < -0.39 is 19.1 Å². The number of carboxylic acids is 1. The second kappa shape index (κ2) is 10.1. The van der Waals surface area contributed by atoms with Gasteiger partial charge in [0, 0.05) is 5.56 Å². The maximum Gasteiger partial charge on any atom is 0.255 e. The molecular formula is C28H22NO3P. The summed E-state index contributed by atoms with van der Waals surface area (Å²) in [5.41, 5.74) is 0.112. The lowest BCUT2D eigenvalue weighted by Gasteiger charge is -2.25. The molecule has 0 aromatic heterocycles. The highest BCUT2D eigenvalue weighted by Crippen LogP contribution is 2.57. The van der Waals surface area contributed by atoms with E-state index in [0.717, 1.165) is 15.9 Å². The van der Waals surface area contributed by atoms with Gasteiger partial charge in [-0.15, -0.1) is 0 Å². The molecule has 4 rings (SSSR count). The molecule has 0 aliphatic heterocycles. The highest BCUT2D eigenvalue weighted by Gasteiger charge is 2.44. The molecule has 0 saturated carbocycles. The summed E-state index contributed by atoms with van der Waals surface area (Å²) in [6, 6.07) is 37.9. The Labute approximate surface area is 193 Å². The van der Waals surface area contributed by atoms with E-state index in [9.17, 15) is 14.7 Å². The van der Waals surface area contributed by atoms with Gasteiger partial charge in [-0.1, -0.05) is 72.8 Å². The summed E-state index contributed by atoms with van der Waals surface area (Å²) in [6.45, 7) is 0. The minimum absolute atomic E-state index is 0.256. The van der Waals surface area contributed by atoms with Gasteiger partial charge in [0.25, 0.3) is 5.91 Å². The van der Waals surface area contributed by atoms with Gasteiger partial charge in [-0.3, -0.25) is 4.79 Å². The Morgan fingerprint density at radius 1 is 0.606 bits per heavy atom. The van der Waals surface area contributed by atoms with Gasteiger partial charge in [-0.25, -0.2) is 0 Å². The van der Waals surface area contributed by atoms with Gasteiger partial charge in [0.2, 0.25) is 0 Å². The summed E-state index contributed by atoms with van der Waals surface area (Å²) >= 11 is 0. The van der Waals surface area contributed by atoms with Crippen molar-refractivity contribution in [2.45, 2.75) is 0 Å². The molecule has 4 nitrogen and oxygen atoms in total. The number of hydrogen-bond acceptors (Lipinski definition) is 3. The zero-order chi connectivity index (χ0) is 23.1. The fourth-order valence-electron chi connectivity index (χ4n) is 3.77. The summed E-state index contributed by atoms with van der Waals surface area (Å²) in [6.07, 6.45) is 0. The minimum atomic E-state index is -2.61. The largest absolute Gasteiger partial charge is 0.543 e. The number of carbonyl (C=O) groups is 2. The van der Waals surface area contributed by atoms with Crippen molar-refractivity contribution in [2.75, 3.05) is 0 Å². The number of amides is 1. The lowest BCUT2D eigenvalue weighted by molar-refractivity contribution is -0.299. The van der Waals surface area contributed by atoms with E-state index in [1.165, 1.54) is 0 Å². The Balaban J connectivity index is 1.96. The van der Waals surface area contributed by atoms with E-state index >= 15 is 0 Å². The van der Waals surface area contributed by atoms with Crippen LogP contribution in [0.4, 0.5) is 0 Å². The molecule has 0 atom stereocenters. The van der Waals surface area contributed by atoms with Crippen LogP contribution in [0.1, 0.15) is 10.4 Å². The average molecular weight is 451 g/mol. The van der Waals surface area contributed by atoms with Crippen LogP contribution in [0.5, 0.6) is 0 Å². The Morgan fingerprint density at radius 3 is 1.33 bits per heavy atom. The number of carbonyl (C=O) groups excluding carboxylic acids is 2. The fourth-order valence-corrected chi connectivity index (χ4v) is 7.60. The van der Waals surface area contributed by atoms with Crippen LogP contribution < -0.4 is 26.3 Å². The van der Waals surface area contributed by atoms with Gasteiger partial charge in [-0.2, -0.15) is 0 Å². The third kappa shape index (κ3) is 4.77. The molecule has 4 aromatic rings. The van der Waals surface area contributed by atoms with Gasteiger partial charge < -0.3 is 15.2 Å². The van der Waals surface area contributed by atoms with E-state index in [-0.39, 0.29) is 5.70 Å². The van der Waals surface area contributed by atoms with Gasteiger partial charge in [-0.05, 0) is 48.5 Å². The third-order valence-corrected chi connectivity index (χ3v) is 9.30. The molecule has 0 aliphatic carbocycles. The minimum Gasteiger partial charge on any atom is -0.543 e. The summed E-state index contributed by atoms with van der Waals surface area (Å²) in [7, 11) is -2.61. The fraction of sp³-hybridized carbons (Fsp3) is 0. The molecule has 1 N–H and O–H groups in total. The zero-order valence-corrected chi connectivity index (χ0v) is 18.7. The van der Waals surface area contributed by atoms with Crippen molar-refractivity contribution < 1.29 is 14.7 Å². The third-order valence-electron chi connectivity index (χ3n) is 5.32. The standard InChI is InChI=1S/C28H22NO3P/c30-27(22-13-5-1-6-14-22)29-26(28(31)32)21-33(23-15-7-2-8-16-23,24-17-9-3-10-18-24)25-19-11-4-12-20-25/h1-21H,(H-,29,30,31,32)/b26-21-. The number of carboxylic acid groups (broad SMARTS) is 1. The summed E-state index contributed by atoms with van der Waals surface area (Å²) < 4.78 is 0. The first-order valence-corrected chi connectivity index (χ1v) is 12.3. The maximum atomic E-state index is 12.8. The van der Waals surface area contributed by atoms with E-state index in [1.807, 2.05) is 91.0 Å². The number of aliphatic carboxylic acids is 1. The van der Waals surface area contributed by atoms with Crippen molar-refractivity contribution >= 4 is 35.1 Å². The summed E-state index contributed by atoms with van der Waals surface area (Å²) in [5, 5.41) is 17.7. The van der Waals surface area contributed by atoms with Crippen LogP contribution in [0.2, 0.25) is 0 Å². The number of benzene rings is 4. The van der Waals surface area contributed by atoms with Crippen LogP contribution in [-0.2, 0) is 4.79 Å². The van der Waals surface area contributed by atoms with Crippen LogP contribution in [0.25, 0.3) is 0 Å². The molecule has 0 fully saturated rings. The lowest BCUT2D eigenvalue weighted by atomic mass is 10.2. The van der Waals surface area contributed by atoms with Crippen LogP contribution in [-0.4, -0.2) is 11.9 Å². The lowest BCUT2D eigenvalue weighted by Crippen LogP contribution is -2.38. The van der Waals surface area contributed by atoms with Crippen molar-refractivity contribution in [1.82, 2.24) is 5.32 Å². The molecule has 0 saturated heterocycles. The van der Waals surface area contributed by atoms with E-state index in [1.54, 1.807) is 36.1 Å². The molecule has 5 heteroatoms. The van der Waals surface area contributed by atoms with Crippen molar-refractivity contribution in [3.63, 3.8) is 0 Å². The number of hydrogen-bond donors (Lipinski definition) is 1. The van der Waals surface area contributed by atoms with Gasteiger partial charge in [0.1, 0.15) is 28.9 Å². The molecule has 0 radical (unpaired) electrons. The predicted octanol–water partition coefficient (Wildman–Crippen LogP) is 3.00. The molecule has 0 aliphatic rings. The van der Waals surface area contributed by atoms with Crippen LogP contribution in [0.15, 0.2) is 133 Å². The second-order valence-corrected chi connectivity index (χ2v) is 10.6. The SMILES string of the molecule is O=C([O-])/C(=C/[P+](c1ccccc1)(c1ccccc1)c1ccccc1)NC(=O)c1ccccc1. The molecule has 1 amide bonds. The average Bonchev–Trinajstić information content (AvgIpc) is 2.88. The normalized spacial score (nSPS) is 11.6. The van der Waals surface area contributed by atoms with Crippen LogP contribution in [0, 0.1) is 0 Å². The number of nitrogens with one attached hydrogen (secondary N) is 1. The Hall–Kier alpha value is -4.01. The van der Waals surface area contributed by atoms with Gasteiger partial charge >= 0.3 is 0 Å². The smallest absolute Gasteiger partial charge is 0.255 e. The summed E-state index contributed by atoms with van der Waals surface area (Å²) in [4.78, 5) is 25.1. The van der Waals surface area contributed by atoms with Gasteiger partial charge in [0.15, 0.2) is 0 Å². The van der Waals surface area contributed by atoms with E-state index in [2.05, 4.69) is 5.32 Å². The molecular weight excluding hydrogens is 429 g/mol. The first-order chi connectivity index (χ1) is 16.1. The molecule has 0 bridgehead atoms. The molecule has 162 valence electrons. The highest BCUT2D eigenvalue weighted by atomic mass is 31.2. The maximum absolute atomic E-state index is 12.8. The van der Waals surface area contributed by atoms with Crippen molar-refractivity contribution in [3.8, 4) is 0 Å². The van der Waals surface area contributed by atoms with Crippen molar-refractivity contribution in [2.24, 2.45) is 0 Å². The molecule has 0 heterocycles. The van der Waals surface area contributed by atoms with Crippen molar-refractivity contribution in [3.05, 3.63) is 138 Å². The van der Waals surface area contributed by atoms with Crippen LogP contribution in [0.3, 0.4) is 0 Å². The molecule has 33 heavy (non-hydrogen) atoms. The topological polar surface area (TPSA) is 69.2 Å². The monoisotopic (exact) mass is 451 g/mol. The molecule has 0 unspecified atom stereocenters. The Bertz CT molecular complexity index is 1160.